The number of nitriles is 1. The summed E-state index contributed by atoms with van der Waals surface area (Å²) in [4.78, 5) is 7.45. The highest BCUT2D eigenvalue weighted by atomic mass is 15.3. The first-order chi connectivity index (χ1) is 15.1. The van der Waals surface area contributed by atoms with Gasteiger partial charge in [0.2, 0.25) is 0 Å². The summed E-state index contributed by atoms with van der Waals surface area (Å²) < 4.78 is 0. The zero-order valence-electron chi connectivity index (χ0n) is 19.0. The first-order valence-electron chi connectivity index (χ1n) is 11.7. The summed E-state index contributed by atoms with van der Waals surface area (Å²) >= 11 is 0. The molecule has 2 fully saturated rings. The molecule has 0 amide bonds. The van der Waals surface area contributed by atoms with E-state index in [0.717, 1.165) is 49.5 Å². The van der Waals surface area contributed by atoms with Crippen LogP contribution in [0.15, 0.2) is 42.5 Å². The van der Waals surface area contributed by atoms with Gasteiger partial charge in [-0.25, -0.2) is 0 Å². The molecule has 2 aromatic rings. The van der Waals surface area contributed by atoms with Crippen molar-refractivity contribution in [2.24, 2.45) is 0 Å². The van der Waals surface area contributed by atoms with Crippen LogP contribution in [0.5, 0.6) is 0 Å². The van der Waals surface area contributed by atoms with E-state index in [-0.39, 0.29) is 0 Å². The van der Waals surface area contributed by atoms with Crippen LogP contribution in [0.3, 0.4) is 0 Å². The van der Waals surface area contributed by atoms with Gasteiger partial charge in [0.25, 0.3) is 0 Å². The van der Waals surface area contributed by atoms with E-state index in [2.05, 4.69) is 76.3 Å². The van der Waals surface area contributed by atoms with Crippen LogP contribution < -0.4 is 10.2 Å². The van der Waals surface area contributed by atoms with Gasteiger partial charge in [0.05, 0.1) is 17.8 Å². The van der Waals surface area contributed by atoms with Crippen LogP contribution in [-0.4, -0.2) is 55.2 Å². The topological polar surface area (TPSA) is 45.5 Å². The molecule has 2 aliphatic heterocycles. The van der Waals surface area contributed by atoms with Gasteiger partial charge < -0.3 is 10.2 Å². The molecule has 1 N–H and O–H groups in total. The molecule has 0 radical (unpaired) electrons. The highest BCUT2D eigenvalue weighted by Crippen LogP contribution is 2.22. The van der Waals surface area contributed by atoms with Gasteiger partial charge in [-0.2, -0.15) is 5.26 Å². The molecule has 0 aliphatic carbocycles. The van der Waals surface area contributed by atoms with Crippen molar-refractivity contribution in [2.45, 2.75) is 45.8 Å². The quantitative estimate of drug-likeness (QED) is 0.753. The van der Waals surface area contributed by atoms with Gasteiger partial charge in [-0.05, 0) is 62.6 Å². The van der Waals surface area contributed by atoms with E-state index in [0.29, 0.717) is 6.17 Å². The Bertz CT molecular complexity index is 887. The normalized spacial score (nSPS) is 19.1. The van der Waals surface area contributed by atoms with Gasteiger partial charge in [0, 0.05) is 57.2 Å². The van der Waals surface area contributed by atoms with Crippen molar-refractivity contribution in [2.75, 3.05) is 49.5 Å². The first kappa shape index (κ1) is 21.7. The number of nitrogens with one attached hydrogen (secondary N) is 1. The second kappa shape index (κ2) is 10.2. The summed E-state index contributed by atoms with van der Waals surface area (Å²) in [6, 6.07) is 17.4. The minimum Gasteiger partial charge on any atom is -0.370 e. The summed E-state index contributed by atoms with van der Waals surface area (Å²) in [5, 5.41) is 13.3. The van der Waals surface area contributed by atoms with Crippen molar-refractivity contribution in [3.8, 4) is 6.07 Å². The molecular weight excluding hydrogens is 382 g/mol. The van der Waals surface area contributed by atoms with Gasteiger partial charge in [0.1, 0.15) is 0 Å². The van der Waals surface area contributed by atoms with Crippen molar-refractivity contribution < 1.29 is 0 Å². The van der Waals surface area contributed by atoms with E-state index < -0.39 is 0 Å². The molecule has 2 heterocycles. The molecule has 0 aromatic heterocycles. The number of benzene rings is 2. The number of anilines is 2. The molecule has 4 rings (SSSR count). The van der Waals surface area contributed by atoms with E-state index >= 15 is 0 Å². The summed E-state index contributed by atoms with van der Waals surface area (Å²) in [6.07, 6.45) is 4.25. The van der Waals surface area contributed by atoms with Gasteiger partial charge in [-0.15, -0.1) is 0 Å². The van der Waals surface area contributed by atoms with Gasteiger partial charge >= 0.3 is 0 Å². The molecule has 164 valence electrons. The summed E-state index contributed by atoms with van der Waals surface area (Å²) in [5.74, 6) is 0. The van der Waals surface area contributed by atoms with E-state index in [1.807, 2.05) is 6.07 Å². The van der Waals surface area contributed by atoms with Gasteiger partial charge in [-0.1, -0.05) is 24.1 Å². The fourth-order valence-electron chi connectivity index (χ4n) is 4.72. The molecule has 1 unspecified atom stereocenters. The molecule has 0 saturated carbocycles. The molecule has 1 atom stereocenters. The van der Waals surface area contributed by atoms with E-state index in [1.54, 1.807) is 0 Å². The lowest BCUT2D eigenvalue weighted by Gasteiger charge is -2.36. The molecule has 5 heteroatoms. The molecular formula is C26H35N5. The maximum Gasteiger partial charge on any atom is 0.0995 e. The largest absolute Gasteiger partial charge is 0.370 e. The third-order valence-electron chi connectivity index (χ3n) is 6.70. The molecule has 5 nitrogen and oxygen atoms in total. The van der Waals surface area contributed by atoms with Crippen LogP contribution >= 0.6 is 0 Å². The Morgan fingerprint density at radius 2 is 1.65 bits per heavy atom. The average molecular weight is 418 g/mol. The Kier molecular flexibility index (Phi) is 7.11. The molecule has 2 aromatic carbocycles. The number of hydrogen-bond acceptors (Lipinski definition) is 5. The SMILES string of the molecule is Cc1ccc(N2CCN(Cc3cc(NC(C)N4CCCCC4)ccc3C#N)CC2)cc1. The summed E-state index contributed by atoms with van der Waals surface area (Å²) in [7, 11) is 0. The predicted octanol–water partition coefficient (Wildman–Crippen LogP) is 4.43. The second-order valence-electron chi connectivity index (χ2n) is 9.00. The van der Waals surface area contributed by atoms with Crippen LogP contribution in [0, 0.1) is 18.3 Å². The highest BCUT2D eigenvalue weighted by molar-refractivity contribution is 5.53. The summed E-state index contributed by atoms with van der Waals surface area (Å²) in [6.45, 7) is 11.6. The van der Waals surface area contributed by atoms with Crippen molar-refractivity contribution in [1.29, 1.82) is 5.26 Å². The molecule has 2 aliphatic rings. The third kappa shape index (κ3) is 5.58. The third-order valence-corrected chi connectivity index (χ3v) is 6.70. The van der Waals surface area contributed by atoms with Crippen LogP contribution in [0.25, 0.3) is 0 Å². The van der Waals surface area contributed by atoms with E-state index in [4.69, 9.17) is 0 Å². The van der Waals surface area contributed by atoms with Crippen LogP contribution in [-0.2, 0) is 6.54 Å². The number of rotatable bonds is 6. The zero-order valence-corrected chi connectivity index (χ0v) is 19.0. The van der Waals surface area contributed by atoms with Gasteiger partial charge in [-0.3, -0.25) is 9.80 Å². The van der Waals surface area contributed by atoms with Crippen LogP contribution in [0.1, 0.15) is 42.9 Å². The number of piperazine rings is 1. The Balaban J connectivity index is 1.37. The minimum atomic E-state index is 0.319. The Morgan fingerprint density at radius 3 is 2.32 bits per heavy atom. The lowest BCUT2D eigenvalue weighted by atomic mass is 10.1. The van der Waals surface area contributed by atoms with Gasteiger partial charge in [0.15, 0.2) is 0 Å². The second-order valence-corrected chi connectivity index (χ2v) is 9.00. The zero-order chi connectivity index (χ0) is 21.6. The Hall–Kier alpha value is -2.55. The van der Waals surface area contributed by atoms with E-state index in [1.165, 1.54) is 43.6 Å². The van der Waals surface area contributed by atoms with Crippen molar-refractivity contribution in [1.82, 2.24) is 9.80 Å². The fraction of sp³-hybridized carbons (Fsp3) is 0.500. The smallest absolute Gasteiger partial charge is 0.0995 e. The fourth-order valence-corrected chi connectivity index (χ4v) is 4.72. The summed E-state index contributed by atoms with van der Waals surface area (Å²) in [5.41, 5.74) is 5.64. The first-order valence-corrected chi connectivity index (χ1v) is 11.7. The maximum absolute atomic E-state index is 9.63. The Labute approximate surface area is 187 Å². The van der Waals surface area contributed by atoms with E-state index in [9.17, 15) is 5.26 Å². The lowest BCUT2D eigenvalue weighted by Crippen LogP contribution is -2.46. The number of nitrogens with zero attached hydrogens (tertiary/aromatic N) is 4. The lowest BCUT2D eigenvalue weighted by molar-refractivity contribution is 0.190. The minimum absolute atomic E-state index is 0.319. The molecule has 2 saturated heterocycles. The molecule has 0 bridgehead atoms. The molecule has 0 spiro atoms. The number of piperidine rings is 1. The van der Waals surface area contributed by atoms with Crippen molar-refractivity contribution in [3.63, 3.8) is 0 Å². The molecule has 31 heavy (non-hydrogen) atoms. The number of likely N-dealkylation sites (tertiary alicyclic amines) is 1. The van der Waals surface area contributed by atoms with Crippen molar-refractivity contribution in [3.05, 3.63) is 59.2 Å². The van der Waals surface area contributed by atoms with Crippen LogP contribution in [0.4, 0.5) is 11.4 Å². The predicted molar refractivity (Wildman–Crippen MR) is 128 cm³/mol. The standard InChI is InChI=1S/C26H35N5/c1-21-6-10-26(11-7-21)31-16-14-29(15-17-31)20-24-18-25(9-8-23(24)19-27)28-22(2)30-12-4-3-5-13-30/h6-11,18,22,28H,3-5,12-17,20H2,1-2H3. The Morgan fingerprint density at radius 1 is 0.935 bits per heavy atom. The maximum atomic E-state index is 9.63. The average Bonchev–Trinajstić information content (AvgIpc) is 2.81. The number of hydrogen-bond donors (Lipinski definition) is 1. The monoisotopic (exact) mass is 417 g/mol. The highest BCUT2D eigenvalue weighted by Gasteiger charge is 2.20. The number of aryl methyl sites for hydroxylation is 1. The van der Waals surface area contributed by atoms with Crippen molar-refractivity contribution >= 4 is 11.4 Å². The van der Waals surface area contributed by atoms with Crippen LogP contribution in [0.2, 0.25) is 0 Å².